The summed E-state index contributed by atoms with van der Waals surface area (Å²) in [6, 6.07) is 6.32. The number of halogens is 1. The number of likely N-dealkylation sites (tertiary alicyclic amines) is 1. The average Bonchev–Trinajstić information content (AvgIpc) is 2.44. The van der Waals surface area contributed by atoms with Crippen molar-refractivity contribution < 1.29 is 0 Å². The van der Waals surface area contributed by atoms with Gasteiger partial charge in [0.15, 0.2) is 0 Å². The predicted octanol–water partition coefficient (Wildman–Crippen LogP) is 3.86. The summed E-state index contributed by atoms with van der Waals surface area (Å²) in [5.41, 5.74) is 2.42. The Balaban J connectivity index is 1.67. The van der Waals surface area contributed by atoms with Gasteiger partial charge >= 0.3 is 0 Å². The van der Waals surface area contributed by atoms with Gasteiger partial charge in [0.25, 0.3) is 0 Å². The minimum Gasteiger partial charge on any atom is -0.312 e. The van der Waals surface area contributed by atoms with Crippen molar-refractivity contribution in [1.29, 1.82) is 0 Å². The largest absolute Gasteiger partial charge is 0.312 e. The summed E-state index contributed by atoms with van der Waals surface area (Å²) < 4.78 is 0. The van der Waals surface area contributed by atoms with Gasteiger partial charge in [-0.25, -0.2) is 0 Å². The Labute approximate surface area is 128 Å². The van der Waals surface area contributed by atoms with Gasteiger partial charge < -0.3 is 10.2 Å². The maximum Gasteiger partial charge on any atom is 0.0438 e. The van der Waals surface area contributed by atoms with Crippen molar-refractivity contribution in [1.82, 2.24) is 10.2 Å². The zero-order chi connectivity index (χ0) is 14.4. The molecule has 2 nitrogen and oxygen atoms in total. The molecule has 20 heavy (non-hydrogen) atoms. The fraction of sp³-hybridized carbons (Fsp3) is 0.647. The van der Waals surface area contributed by atoms with E-state index in [1.807, 2.05) is 6.92 Å². The van der Waals surface area contributed by atoms with Crippen molar-refractivity contribution in [2.24, 2.45) is 5.92 Å². The number of hydrogen-bond donors (Lipinski definition) is 1. The lowest BCUT2D eigenvalue weighted by Gasteiger charge is -2.29. The second kappa shape index (κ2) is 8.02. The summed E-state index contributed by atoms with van der Waals surface area (Å²) in [7, 11) is 0. The van der Waals surface area contributed by atoms with Crippen LogP contribution in [0.5, 0.6) is 0 Å². The Bertz CT molecular complexity index is 413. The lowest BCUT2D eigenvalue weighted by atomic mass is 10.1. The quantitative estimate of drug-likeness (QED) is 0.857. The third-order valence-electron chi connectivity index (χ3n) is 4.08. The van der Waals surface area contributed by atoms with E-state index in [0.29, 0.717) is 5.92 Å². The van der Waals surface area contributed by atoms with Gasteiger partial charge in [-0.05, 0) is 62.5 Å². The molecule has 1 aromatic rings. The molecule has 1 fully saturated rings. The molecular weight excluding hydrogens is 268 g/mol. The molecule has 0 saturated carbocycles. The molecule has 1 heterocycles. The molecule has 0 aliphatic carbocycles. The lowest BCUT2D eigenvalue weighted by molar-refractivity contribution is 0.199. The summed E-state index contributed by atoms with van der Waals surface area (Å²) in [5, 5.41) is 4.42. The van der Waals surface area contributed by atoms with Crippen LogP contribution >= 0.6 is 11.6 Å². The monoisotopic (exact) mass is 294 g/mol. The van der Waals surface area contributed by atoms with Crippen LogP contribution in [0.4, 0.5) is 0 Å². The van der Waals surface area contributed by atoms with E-state index < -0.39 is 0 Å². The number of nitrogens with one attached hydrogen (secondary N) is 1. The van der Waals surface area contributed by atoms with Crippen LogP contribution in [0, 0.1) is 12.8 Å². The summed E-state index contributed by atoms with van der Waals surface area (Å²) in [6.07, 6.45) is 4.17. The van der Waals surface area contributed by atoms with Gasteiger partial charge in [0.2, 0.25) is 0 Å². The van der Waals surface area contributed by atoms with E-state index in [1.165, 1.54) is 44.5 Å². The van der Waals surface area contributed by atoms with Gasteiger partial charge in [-0.15, -0.1) is 0 Å². The highest BCUT2D eigenvalue weighted by Crippen LogP contribution is 2.16. The van der Waals surface area contributed by atoms with Crippen LogP contribution in [0.25, 0.3) is 0 Å². The van der Waals surface area contributed by atoms with E-state index >= 15 is 0 Å². The van der Waals surface area contributed by atoms with Gasteiger partial charge in [0.05, 0.1) is 0 Å². The molecule has 2 rings (SSSR count). The molecule has 3 heteroatoms. The fourth-order valence-electron chi connectivity index (χ4n) is 2.86. The van der Waals surface area contributed by atoms with Crippen LogP contribution in [-0.2, 0) is 6.54 Å². The molecule has 112 valence electrons. The Kier molecular flexibility index (Phi) is 6.34. The average molecular weight is 295 g/mol. The minimum absolute atomic E-state index is 0.703. The fourth-order valence-corrected chi connectivity index (χ4v) is 3.06. The molecule has 1 aromatic carbocycles. The Morgan fingerprint density at radius 1 is 1.25 bits per heavy atom. The van der Waals surface area contributed by atoms with Crippen molar-refractivity contribution >= 4 is 11.6 Å². The van der Waals surface area contributed by atoms with Crippen LogP contribution in [0.1, 0.15) is 37.3 Å². The highest BCUT2D eigenvalue weighted by atomic mass is 35.5. The lowest BCUT2D eigenvalue weighted by Crippen LogP contribution is -2.36. The number of rotatable bonds is 6. The predicted molar refractivity (Wildman–Crippen MR) is 87.4 cm³/mol. The second-order valence-electron chi connectivity index (χ2n) is 6.18. The number of aryl methyl sites for hydroxylation is 1. The van der Waals surface area contributed by atoms with Crippen LogP contribution < -0.4 is 5.32 Å². The van der Waals surface area contributed by atoms with Crippen LogP contribution in [-0.4, -0.2) is 31.1 Å². The molecule has 1 saturated heterocycles. The highest BCUT2D eigenvalue weighted by Gasteiger charge is 2.13. The van der Waals surface area contributed by atoms with Crippen molar-refractivity contribution in [2.75, 3.05) is 26.2 Å². The van der Waals surface area contributed by atoms with Gasteiger partial charge in [-0.2, -0.15) is 0 Å². The van der Waals surface area contributed by atoms with Gasteiger partial charge in [0.1, 0.15) is 0 Å². The smallest absolute Gasteiger partial charge is 0.0438 e. The molecule has 0 bridgehead atoms. The van der Waals surface area contributed by atoms with E-state index in [4.69, 9.17) is 11.6 Å². The Morgan fingerprint density at radius 3 is 2.70 bits per heavy atom. The highest BCUT2D eigenvalue weighted by molar-refractivity contribution is 6.31. The zero-order valence-electron chi connectivity index (χ0n) is 12.8. The van der Waals surface area contributed by atoms with Crippen LogP contribution in [0.15, 0.2) is 18.2 Å². The molecule has 1 aliphatic rings. The number of nitrogens with zero attached hydrogens (tertiary/aromatic N) is 1. The van der Waals surface area contributed by atoms with Crippen molar-refractivity contribution in [3.8, 4) is 0 Å². The molecule has 0 amide bonds. The molecule has 0 spiro atoms. The standard InChI is InChI=1S/C17H27ClN2/c1-14(13-20-8-4-3-5-9-20)11-19-12-16-7-6-15(2)17(18)10-16/h6-7,10,14,19H,3-5,8-9,11-13H2,1-2H3. The molecular formula is C17H27ClN2. The summed E-state index contributed by atoms with van der Waals surface area (Å²) >= 11 is 6.15. The normalized spacial score (nSPS) is 18.1. The number of hydrogen-bond acceptors (Lipinski definition) is 2. The first-order valence-electron chi connectivity index (χ1n) is 7.83. The van der Waals surface area contributed by atoms with E-state index in [2.05, 4.69) is 35.3 Å². The van der Waals surface area contributed by atoms with Gasteiger partial charge in [0, 0.05) is 18.1 Å². The molecule has 1 atom stereocenters. The van der Waals surface area contributed by atoms with Crippen molar-refractivity contribution in [3.05, 3.63) is 34.3 Å². The van der Waals surface area contributed by atoms with Crippen LogP contribution in [0.3, 0.4) is 0 Å². The SMILES string of the molecule is Cc1ccc(CNCC(C)CN2CCCCC2)cc1Cl. The molecule has 1 unspecified atom stereocenters. The van der Waals surface area contributed by atoms with E-state index in [0.717, 1.165) is 23.7 Å². The van der Waals surface area contributed by atoms with E-state index in [1.54, 1.807) is 0 Å². The van der Waals surface area contributed by atoms with Gasteiger partial charge in [-0.3, -0.25) is 0 Å². The summed E-state index contributed by atoms with van der Waals surface area (Å²) in [5.74, 6) is 0.703. The third kappa shape index (κ3) is 5.08. The van der Waals surface area contributed by atoms with Crippen molar-refractivity contribution in [3.63, 3.8) is 0 Å². The first-order valence-corrected chi connectivity index (χ1v) is 8.21. The maximum absolute atomic E-state index is 6.15. The summed E-state index contributed by atoms with van der Waals surface area (Å²) in [6.45, 7) is 10.2. The molecule has 1 N–H and O–H groups in total. The minimum atomic E-state index is 0.703. The topological polar surface area (TPSA) is 15.3 Å². The Hall–Kier alpha value is -0.570. The maximum atomic E-state index is 6.15. The Morgan fingerprint density at radius 2 is 2.00 bits per heavy atom. The molecule has 1 aliphatic heterocycles. The van der Waals surface area contributed by atoms with Crippen molar-refractivity contribution in [2.45, 2.75) is 39.7 Å². The number of benzene rings is 1. The zero-order valence-corrected chi connectivity index (χ0v) is 13.5. The molecule has 0 aromatic heterocycles. The van der Waals surface area contributed by atoms with Gasteiger partial charge in [-0.1, -0.05) is 37.1 Å². The molecule has 0 radical (unpaired) electrons. The summed E-state index contributed by atoms with van der Waals surface area (Å²) in [4.78, 5) is 2.61. The second-order valence-corrected chi connectivity index (χ2v) is 6.59. The van der Waals surface area contributed by atoms with Crippen LogP contribution in [0.2, 0.25) is 5.02 Å². The van der Waals surface area contributed by atoms with E-state index in [-0.39, 0.29) is 0 Å². The number of piperidine rings is 1. The third-order valence-corrected chi connectivity index (χ3v) is 4.48. The first-order chi connectivity index (χ1) is 9.65. The van der Waals surface area contributed by atoms with E-state index in [9.17, 15) is 0 Å². The first kappa shape index (κ1) is 15.8.